The van der Waals surface area contributed by atoms with Crippen LogP contribution in [0.3, 0.4) is 0 Å². The third-order valence-corrected chi connectivity index (χ3v) is 4.33. The number of alkyl carbamates (subject to hydrolysis) is 1. The first-order chi connectivity index (χ1) is 9.85. The van der Waals surface area contributed by atoms with Gasteiger partial charge < -0.3 is 14.8 Å². The van der Waals surface area contributed by atoms with Crippen molar-refractivity contribution in [3.05, 3.63) is 16.1 Å². The van der Waals surface area contributed by atoms with Crippen LogP contribution in [0.2, 0.25) is 0 Å². The molecular weight excluding hydrogens is 288 g/mol. The standard InChI is InChI=1S/C15H24N2O3S/c1-10(16-14(18)20-15(2,3)4)13-17-12(9-21-13)11-5-7-19-8-6-11/h9-11H,5-8H2,1-4H3,(H,16,18)/t10-/m0/s1. The van der Waals surface area contributed by atoms with Gasteiger partial charge in [-0.3, -0.25) is 0 Å². The van der Waals surface area contributed by atoms with Crippen molar-refractivity contribution < 1.29 is 14.3 Å². The first-order valence-corrected chi connectivity index (χ1v) is 8.25. The summed E-state index contributed by atoms with van der Waals surface area (Å²) < 4.78 is 10.6. The number of ether oxygens (including phenoxy) is 2. The van der Waals surface area contributed by atoms with Gasteiger partial charge in [0.15, 0.2) is 0 Å². The molecule has 0 unspecified atom stereocenters. The van der Waals surface area contributed by atoms with Gasteiger partial charge in [0, 0.05) is 24.5 Å². The van der Waals surface area contributed by atoms with Crippen LogP contribution in [0.1, 0.15) is 63.2 Å². The molecule has 1 N–H and O–H groups in total. The molecule has 0 saturated carbocycles. The molecule has 1 aromatic heterocycles. The molecule has 1 fully saturated rings. The van der Waals surface area contributed by atoms with Crippen molar-refractivity contribution in [2.75, 3.05) is 13.2 Å². The monoisotopic (exact) mass is 312 g/mol. The molecule has 1 aromatic rings. The molecular formula is C15H24N2O3S. The van der Waals surface area contributed by atoms with Crippen molar-refractivity contribution in [3.8, 4) is 0 Å². The molecule has 1 aliphatic heterocycles. The molecule has 0 aliphatic carbocycles. The van der Waals surface area contributed by atoms with Crippen LogP contribution in [-0.4, -0.2) is 29.9 Å². The van der Waals surface area contributed by atoms with E-state index >= 15 is 0 Å². The van der Waals surface area contributed by atoms with Gasteiger partial charge in [-0.2, -0.15) is 0 Å². The van der Waals surface area contributed by atoms with Crippen LogP contribution in [-0.2, 0) is 9.47 Å². The Morgan fingerprint density at radius 3 is 2.76 bits per heavy atom. The minimum Gasteiger partial charge on any atom is -0.444 e. The van der Waals surface area contributed by atoms with E-state index in [1.54, 1.807) is 11.3 Å². The van der Waals surface area contributed by atoms with Gasteiger partial charge in [-0.05, 0) is 40.5 Å². The number of thiazole rings is 1. The molecule has 0 bridgehead atoms. The van der Waals surface area contributed by atoms with Crippen molar-refractivity contribution in [3.63, 3.8) is 0 Å². The second-order valence-corrected chi connectivity index (χ2v) is 7.25. The quantitative estimate of drug-likeness (QED) is 0.926. The maximum atomic E-state index is 11.8. The highest BCUT2D eigenvalue weighted by molar-refractivity contribution is 7.09. The molecule has 118 valence electrons. The van der Waals surface area contributed by atoms with Gasteiger partial charge in [-0.15, -0.1) is 11.3 Å². The van der Waals surface area contributed by atoms with Crippen molar-refractivity contribution in [2.24, 2.45) is 0 Å². The van der Waals surface area contributed by atoms with E-state index in [1.807, 2.05) is 27.7 Å². The van der Waals surface area contributed by atoms with Gasteiger partial charge in [0.1, 0.15) is 10.6 Å². The largest absolute Gasteiger partial charge is 0.444 e. The van der Waals surface area contributed by atoms with Crippen LogP contribution in [0.4, 0.5) is 4.79 Å². The lowest BCUT2D eigenvalue weighted by molar-refractivity contribution is 0.0508. The van der Waals surface area contributed by atoms with E-state index in [2.05, 4.69) is 15.7 Å². The number of hydrogen-bond donors (Lipinski definition) is 1. The predicted octanol–water partition coefficient (Wildman–Crippen LogP) is 3.62. The third kappa shape index (κ3) is 4.97. The minimum absolute atomic E-state index is 0.140. The Hall–Kier alpha value is -1.14. The molecule has 1 saturated heterocycles. The Bertz CT molecular complexity index is 476. The van der Waals surface area contributed by atoms with Crippen molar-refractivity contribution >= 4 is 17.4 Å². The van der Waals surface area contributed by atoms with Crippen LogP contribution >= 0.6 is 11.3 Å². The summed E-state index contributed by atoms with van der Waals surface area (Å²) >= 11 is 1.59. The van der Waals surface area contributed by atoms with Crippen molar-refractivity contribution in [2.45, 2.75) is 58.1 Å². The Kier molecular flexibility index (Phi) is 5.22. The lowest BCUT2D eigenvalue weighted by Gasteiger charge is -2.21. The first-order valence-electron chi connectivity index (χ1n) is 7.38. The average Bonchev–Trinajstić information content (AvgIpc) is 2.87. The van der Waals surface area contributed by atoms with Crippen LogP contribution in [0.15, 0.2) is 5.38 Å². The zero-order valence-electron chi connectivity index (χ0n) is 13.1. The van der Waals surface area contributed by atoms with Gasteiger partial charge in [-0.25, -0.2) is 9.78 Å². The molecule has 6 heteroatoms. The fourth-order valence-corrected chi connectivity index (χ4v) is 3.13. The Balaban J connectivity index is 1.92. The average molecular weight is 312 g/mol. The number of nitrogens with zero attached hydrogens (tertiary/aromatic N) is 1. The molecule has 0 spiro atoms. The lowest BCUT2D eigenvalue weighted by Crippen LogP contribution is -2.34. The Labute approximate surface area is 130 Å². The predicted molar refractivity (Wildman–Crippen MR) is 82.7 cm³/mol. The molecule has 2 heterocycles. The summed E-state index contributed by atoms with van der Waals surface area (Å²) in [6, 6.07) is -0.140. The number of rotatable bonds is 3. The second kappa shape index (κ2) is 6.75. The topological polar surface area (TPSA) is 60.5 Å². The summed E-state index contributed by atoms with van der Waals surface area (Å²) in [5.74, 6) is 0.484. The Morgan fingerprint density at radius 2 is 2.14 bits per heavy atom. The third-order valence-electron chi connectivity index (χ3n) is 3.28. The van der Waals surface area contributed by atoms with Crippen molar-refractivity contribution in [1.29, 1.82) is 0 Å². The highest BCUT2D eigenvalue weighted by Gasteiger charge is 2.22. The van der Waals surface area contributed by atoms with Crippen molar-refractivity contribution in [1.82, 2.24) is 10.3 Å². The number of aromatic nitrogens is 1. The molecule has 0 radical (unpaired) electrons. The van der Waals surface area contributed by atoms with Gasteiger partial charge in [0.05, 0.1) is 11.7 Å². The van der Waals surface area contributed by atoms with E-state index in [0.29, 0.717) is 5.92 Å². The molecule has 5 nitrogen and oxygen atoms in total. The van der Waals surface area contributed by atoms with E-state index < -0.39 is 11.7 Å². The molecule has 21 heavy (non-hydrogen) atoms. The highest BCUT2D eigenvalue weighted by atomic mass is 32.1. The summed E-state index contributed by atoms with van der Waals surface area (Å²) in [6.45, 7) is 9.10. The van der Waals surface area contributed by atoms with Crippen LogP contribution < -0.4 is 5.32 Å². The number of carbonyl (C=O) groups excluding carboxylic acids is 1. The number of hydrogen-bond acceptors (Lipinski definition) is 5. The maximum Gasteiger partial charge on any atom is 0.408 e. The SMILES string of the molecule is C[C@H](NC(=O)OC(C)(C)C)c1nc(C2CCOCC2)cs1. The van der Waals surface area contributed by atoms with Gasteiger partial charge in [0.2, 0.25) is 0 Å². The summed E-state index contributed by atoms with van der Waals surface area (Å²) in [5, 5.41) is 5.85. The summed E-state index contributed by atoms with van der Waals surface area (Å²) in [7, 11) is 0. The fraction of sp³-hybridized carbons (Fsp3) is 0.733. The lowest BCUT2D eigenvalue weighted by atomic mass is 9.97. The summed E-state index contributed by atoms with van der Waals surface area (Å²) in [4.78, 5) is 16.5. The van der Waals surface area contributed by atoms with Gasteiger partial charge in [0.25, 0.3) is 0 Å². The number of carbonyl (C=O) groups is 1. The minimum atomic E-state index is -0.486. The van der Waals surface area contributed by atoms with E-state index in [0.717, 1.165) is 36.8 Å². The first kappa shape index (κ1) is 16.2. The fourth-order valence-electron chi connectivity index (χ4n) is 2.23. The molecule has 1 atom stereocenters. The summed E-state index contributed by atoms with van der Waals surface area (Å²) in [5.41, 5.74) is 0.635. The maximum absolute atomic E-state index is 11.8. The van der Waals surface area contributed by atoms with E-state index in [4.69, 9.17) is 9.47 Å². The highest BCUT2D eigenvalue weighted by Crippen LogP contribution is 2.29. The van der Waals surface area contributed by atoms with E-state index in [1.165, 1.54) is 0 Å². The smallest absolute Gasteiger partial charge is 0.408 e. The number of amides is 1. The summed E-state index contributed by atoms with van der Waals surface area (Å²) in [6.07, 6.45) is 1.64. The van der Waals surface area contributed by atoms with Crippen LogP contribution in [0.5, 0.6) is 0 Å². The van der Waals surface area contributed by atoms with Crippen LogP contribution in [0.25, 0.3) is 0 Å². The molecule has 1 aliphatic rings. The normalized spacial score (nSPS) is 18.3. The van der Waals surface area contributed by atoms with Gasteiger partial charge in [-0.1, -0.05) is 0 Å². The number of nitrogens with one attached hydrogen (secondary N) is 1. The molecule has 0 aromatic carbocycles. The zero-order valence-corrected chi connectivity index (χ0v) is 14.0. The van der Waals surface area contributed by atoms with Gasteiger partial charge >= 0.3 is 6.09 Å². The van der Waals surface area contributed by atoms with E-state index in [-0.39, 0.29) is 6.04 Å². The van der Waals surface area contributed by atoms with E-state index in [9.17, 15) is 4.79 Å². The second-order valence-electron chi connectivity index (χ2n) is 6.37. The zero-order chi connectivity index (χ0) is 15.5. The Morgan fingerprint density at radius 1 is 1.48 bits per heavy atom. The molecule has 1 amide bonds. The molecule has 2 rings (SSSR count). The van der Waals surface area contributed by atoms with Crippen LogP contribution in [0, 0.1) is 0 Å².